The lowest BCUT2D eigenvalue weighted by atomic mass is 9.83. The van der Waals surface area contributed by atoms with Crippen molar-refractivity contribution in [2.45, 2.75) is 18.7 Å². The summed E-state index contributed by atoms with van der Waals surface area (Å²) in [5, 5.41) is 2.91. The largest absolute Gasteiger partial charge is 0.493 e. The first-order valence-electron chi connectivity index (χ1n) is 10.9. The first-order valence-corrected chi connectivity index (χ1v) is 10.9. The van der Waals surface area contributed by atoms with Crippen molar-refractivity contribution in [2.24, 2.45) is 0 Å². The summed E-state index contributed by atoms with van der Waals surface area (Å²) in [4.78, 5) is 29.7. The normalized spacial score (nSPS) is 15.0. The predicted octanol–water partition coefficient (Wildman–Crippen LogP) is 4.18. The lowest BCUT2D eigenvalue weighted by molar-refractivity contribution is -0.131. The number of alkyl halides is 2. The quantitative estimate of drug-likeness (QED) is 0.465. The second-order valence-electron chi connectivity index (χ2n) is 8.16. The Morgan fingerprint density at radius 3 is 2.09 bits per heavy atom. The van der Waals surface area contributed by atoms with Crippen LogP contribution in [-0.4, -0.2) is 49.2 Å². The molecule has 1 aliphatic heterocycles. The Bertz CT molecular complexity index is 1150. The highest BCUT2D eigenvalue weighted by Crippen LogP contribution is 2.36. The molecule has 0 radical (unpaired) electrons. The molecule has 0 aliphatic carbocycles. The molecule has 0 aromatic heterocycles. The minimum atomic E-state index is -2.99. The SMILES string of the molecule is COc1ccc(CN(C)CN2C(=O)NC(c3ccccc3)(c3ccccc3)C2=O)cc1OC(F)F. The molecule has 7 nitrogen and oxygen atoms in total. The zero-order chi connectivity index (χ0) is 25.0. The van der Waals surface area contributed by atoms with Gasteiger partial charge in [0.2, 0.25) is 0 Å². The van der Waals surface area contributed by atoms with Crippen LogP contribution in [0.25, 0.3) is 0 Å². The summed E-state index contributed by atoms with van der Waals surface area (Å²) < 4.78 is 35.1. The van der Waals surface area contributed by atoms with Gasteiger partial charge in [0.15, 0.2) is 17.0 Å². The monoisotopic (exact) mass is 481 g/mol. The molecule has 35 heavy (non-hydrogen) atoms. The maximum absolute atomic E-state index is 13.8. The van der Waals surface area contributed by atoms with Gasteiger partial charge in [0.05, 0.1) is 13.8 Å². The Morgan fingerprint density at radius 1 is 0.943 bits per heavy atom. The lowest BCUT2D eigenvalue weighted by Gasteiger charge is -2.28. The average Bonchev–Trinajstić information content (AvgIpc) is 3.10. The van der Waals surface area contributed by atoms with Gasteiger partial charge in [0, 0.05) is 6.54 Å². The van der Waals surface area contributed by atoms with E-state index in [4.69, 9.17) is 4.74 Å². The first-order chi connectivity index (χ1) is 16.8. The average molecular weight is 481 g/mol. The van der Waals surface area contributed by atoms with Gasteiger partial charge in [-0.15, -0.1) is 0 Å². The van der Waals surface area contributed by atoms with E-state index < -0.39 is 24.1 Å². The third-order valence-electron chi connectivity index (χ3n) is 5.80. The molecule has 3 aromatic carbocycles. The lowest BCUT2D eigenvalue weighted by Crippen LogP contribution is -2.46. The third-order valence-corrected chi connectivity index (χ3v) is 5.80. The van der Waals surface area contributed by atoms with Crippen LogP contribution in [0.4, 0.5) is 13.6 Å². The topological polar surface area (TPSA) is 71.1 Å². The molecule has 0 saturated carbocycles. The number of hydrogen-bond donors (Lipinski definition) is 1. The Labute approximate surface area is 201 Å². The molecule has 0 unspecified atom stereocenters. The molecule has 9 heteroatoms. The fourth-order valence-electron chi connectivity index (χ4n) is 4.25. The molecule has 0 bridgehead atoms. The van der Waals surface area contributed by atoms with Gasteiger partial charge in [-0.05, 0) is 35.9 Å². The standard InChI is InChI=1S/C26H25F2N3O4/c1-30(16-18-13-14-21(34-2)22(15-18)35-24(27)28)17-31-23(32)26(29-25(31)33,19-9-5-3-6-10-19)20-11-7-4-8-12-20/h3-15,24H,16-17H2,1-2H3,(H,29,33). The molecule has 1 saturated heterocycles. The molecular weight excluding hydrogens is 456 g/mol. The van der Waals surface area contributed by atoms with Gasteiger partial charge in [-0.25, -0.2) is 9.69 Å². The van der Waals surface area contributed by atoms with Crippen molar-refractivity contribution in [1.29, 1.82) is 0 Å². The Hall–Kier alpha value is -3.98. The molecule has 3 amide bonds. The summed E-state index contributed by atoms with van der Waals surface area (Å²) in [6.07, 6.45) is 0. The van der Waals surface area contributed by atoms with Crippen LogP contribution in [0.15, 0.2) is 78.9 Å². The summed E-state index contributed by atoms with van der Waals surface area (Å²) in [6.45, 7) is -2.74. The predicted molar refractivity (Wildman–Crippen MR) is 125 cm³/mol. The molecule has 0 spiro atoms. The second-order valence-corrected chi connectivity index (χ2v) is 8.16. The van der Waals surface area contributed by atoms with E-state index in [0.29, 0.717) is 16.7 Å². The van der Waals surface area contributed by atoms with E-state index in [1.54, 1.807) is 42.3 Å². The van der Waals surface area contributed by atoms with Crippen LogP contribution in [0.1, 0.15) is 16.7 Å². The highest BCUT2D eigenvalue weighted by atomic mass is 19.3. The van der Waals surface area contributed by atoms with Gasteiger partial charge in [-0.3, -0.25) is 9.69 Å². The number of carbonyl (C=O) groups is 2. The number of methoxy groups -OCH3 is 1. The van der Waals surface area contributed by atoms with Gasteiger partial charge < -0.3 is 14.8 Å². The molecule has 4 rings (SSSR count). The van der Waals surface area contributed by atoms with Crippen LogP contribution in [0.3, 0.4) is 0 Å². The van der Waals surface area contributed by atoms with E-state index in [1.165, 1.54) is 19.2 Å². The van der Waals surface area contributed by atoms with Crippen molar-refractivity contribution in [1.82, 2.24) is 15.1 Å². The van der Waals surface area contributed by atoms with Crippen molar-refractivity contribution >= 4 is 11.9 Å². The van der Waals surface area contributed by atoms with Gasteiger partial charge in [-0.2, -0.15) is 8.78 Å². The molecule has 1 N–H and O–H groups in total. The van der Waals surface area contributed by atoms with Gasteiger partial charge in [0.25, 0.3) is 5.91 Å². The van der Waals surface area contributed by atoms with Crippen LogP contribution in [0.5, 0.6) is 11.5 Å². The van der Waals surface area contributed by atoms with Crippen molar-refractivity contribution < 1.29 is 27.8 Å². The highest BCUT2D eigenvalue weighted by Gasteiger charge is 2.53. The minimum Gasteiger partial charge on any atom is -0.493 e. The molecule has 182 valence electrons. The Morgan fingerprint density at radius 2 is 1.54 bits per heavy atom. The number of nitrogens with one attached hydrogen (secondary N) is 1. The minimum absolute atomic E-state index is 0.0108. The number of amides is 3. The number of urea groups is 1. The highest BCUT2D eigenvalue weighted by molar-refractivity contribution is 6.09. The fraction of sp³-hybridized carbons (Fsp3) is 0.231. The van der Waals surface area contributed by atoms with Gasteiger partial charge in [0.1, 0.15) is 0 Å². The van der Waals surface area contributed by atoms with Crippen LogP contribution in [0.2, 0.25) is 0 Å². The maximum Gasteiger partial charge on any atom is 0.387 e. The number of hydrogen-bond acceptors (Lipinski definition) is 5. The van der Waals surface area contributed by atoms with E-state index in [9.17, 15) is 18.4 Å². The molecule has 3 aromatic rings. The van der Waals surface area contributed by atoms with Crippen molar-refractivity contribution in [3.63, 3.8) is 0 Å². The van der Waals surface area contributed by atoms with Crippen LogP contribution in [-0.2, 0) is 16.9 Å². The smallest absolute Gasteiger partial charge is 0.387 e. The Balaban J connectivity index is 1.58. The number of rotatable bonds is 9. The van der Waals surface area contributed by atoms with Gasteiger partial charge in [-0.1, -0.05) is 66.7 Å². The number of nitrogens with zero attached hydrogens (tertiary/aromatic N) is 2. The van der Waals surface area contributed by atoms with Crippen molar-refractivity contribution in [3.8, 4) is 11.5 Å². The van der Waals surface area contributed by atoms with E-state index >= 15 is 0 Å². The van der Waals surface area contributed by atoms with E-state index in [2.05, 4.69) is 10.1 Å². The third kappa shape index (κ3) is 4.81. The first kappa shape index (κ1) is 24.2. The molecule has 0 atom stereocenters. The number of imide groups is 1. The number of ether oxygens (including phenoxy) is 2. The molecule has 1 aliphatic rings. The molecule has 1 heterocycles. The molecular formula is C26H25F2N3O4. The van der Waals surface area contributed by atoms with Gasteiger partial charge >= 0.3 is 12.6 Å². The van der Waals surface area contributed by atoms with E-state index in [1.807, 2.05) is 36.4 Å². The van der Waals surface area contributed by atoms with Crippen LogP contribution < -0.4 is 14.8 Å². The summed E-state index contributed by atoms with van der Waals surface area (Å²) >= 11 is 0. The zero-order valence-electron chi connectivity index (χ0n) is 19.3. The van der Waals surface area contributed by atoms with E-state index in [0.717, 1.165) is 4.90 Å². The second kappa shape index (κ2) is 10.1. The maximum atomic E-state index is 13.8. The summed E-state index contributed by atoms with van der Waals surface area (Å²) in [6, 6.07) is 22.3. The number of halogens is 2. The van der Waals surface area contributed by atoms with Crippen LogP contribution >= 0.6 is 0 Å². The molecule has 1 fully saturated rings. The summed E-state index contributed by atoms with van der Waals surface area (Å²) in [5.74, 6) is -0.305. The van der Waals surface area contributed by atoms with E-state index in [-0.39, 0.29) is 24.7 Å². The summed E-state index contributed by atoms with van der Waals surface area (Å²) in [7, 11) is 3.09. The van der Waals surface area contributed by atoms with Crippen LogP contribution in [0, 0.1) is 0 Å². The van der Waals surface area contributed by atoms with Crippen molar-refractivity contribution in [2.75, 3.05) is 20.8 Å². The zero-order valence-corrected chi connectivity index (χ0v) is 19.3. The fourth-order valence-corrected chi connectivity index (χ4v) is 4.25. The summed E-state index contributed by atoms with van der Waals surface area (Å²) in [5.41, 5.74) is 0.601. The Kier molecular flexibility index (Phi) is 6.97. The number of carbonyl (C=O) groups excluding carboxylic acids is 2. The number of benzene rings is 3. The van der Waals surface area contributed by atoms with Crippen molar-refractivity contribution in [3.05, 3.63) is 95.6 Å².